The van der Waals surface area contributed by atoms with Crippen molar-refractivity contribution in [2.45, 2.75) is 6.10 Å². The van der Waals surface area contributed by atoms with Gasteiger partial charge in [-0.25, -0.2) is 20.4 Å². The second-order valence-corrected chi connectivity index (χ2v) is 8.29. The number of hydrogen-bond donors (Lipinski definition) is 1. The molecule has 16 heteroatoms. The second-order valence-electron chi connectivity index (χ2n) is 8.29. The third-order valence-corrected chi connectivity index (χ3v) is 4.96. The molecule has 2 N–H and O–H groups in total. The fourth-order valence-electron chi connectivity index (χ4n) is 2.91. The minimum atomic E-state index is -0.646. The lowest BCUT2D eigenvalue weighted by Gasteiger charge is -2.10. The van der Waals surface area contributed by atoms with E-state index in [9.17, 15) is 9.59 Å². The van der Waals surface area contributed by atoms with Crippen molar-refractivity contribution >= 4 is 12.1 Å². The van der Waals surface area contributed by atoms with Crippen molar-refractivity contribution in [2.24, 2.45) is 5.84 Å². The molecule has 0 bridgehead atoms. The molecule has 0 unspecified atom stereocenters. The Morgan fingerprint density at radius 2 is 1.00 bits per heavy atom. The summed E-state index contributed by atoms with van der Waals surface area (Å²) in [5, 5.41) is 0.919. The van der Waals surface area contributed by atoms with Crippen molar-refractivity contribution in [3.8, 4) is 0 Å². The van der Waals surface area contributed by atoms with Crippen LogP contribution in [0, 0.1) is 0 Å². The van der Waals surface area contributed by atoms with E-state index < -0.39 is 18.2 Å². The highest BCUT2D eigenvalue weighted by Crippen LogP contribution is 2.07. The van der Waals surface area contributed by atoms with Crippen molar-refractivity contribution in [3.05, 3.63) is 0 Å². The SMILES string of the molecule is COCCOCCOCCOCCOCCOCCOCCOCCOCCOCC(=O)OC[C@@H]1CN(N)C(=O)O1. The summed E-state index contributed by atoms with van der Waals surface area (Å²) < 4.78 is 63.0. The number of amides is 1. The highest BCUT2D eigenvalue weighted by atomic mass is 16.6. The lowest BCUT2D eigenvalue weighted by atomic mass is 10.4. The van der Waals surface area contributed by atoms with Gasteiger partial charge in [0, 0.05) is 7.11 Å². The first-order valence-electron chi connectivity index (χ1n) is 13.7. The Balaban J connectivity index is 1.66. The average Bonchev–Trinajstić information content (AvgIpc) is 3.29. The number of hydrogen-bond acceptors (Lipinski definition) is 15. The number of cyclic esters (lactones) is 1. The molecule has 1 heterocycles. The highest BCUT2D eigenvalue weighted by molar-refractivity contribution is 5.71. The summed E-state index contributed by atoms with van der Waals surface area (Å²) in [5.41, 5.74) is 0. The first kappa shape index (κ1) is 37.3. The average molecular weight is 601 g/mol. The van der Waals surface area contributed by atoms with Gasteiger partial charge in [0.15, 0.2) is 6.10 Å². The van der Waals surface area contributed by atoms with Gasteiger partial charge in [0.1, 0.15) is 13.2 Å². The second kappa shape index (κ2) is 28.4. The Kier molecular flexibility index (Phi) is 25.9. The summed E-state index contributed by atoms with van der Waals surface area (Å²) in [6.07, 6.45) is -1.21. The summed E-state index contributed by atoms with van der Waals surface area (Å²) in [4.78, 5) is 22.7. The van der Waals surface area contributed by atoms with Crippen LogP contribution in [-0.2, 0) is 61.6 Å². The minimum absolute atomic E-state index is 0.0659. The fourth-order valence-corrected chi connectivity index (χ4v) is 2.91. The molecule has 1 atom stereocenters. The zero-order valence-corrected chi connectivity index (χ0v) is 24.2. The number of nitrogens with two attached hydrogens (primary N) is 1. The summed E-state index contributed by atoms with van der Waals surface area (Å²) >= 11 is 0. The smallest absolute Gasteiger partial charge is 0.424 e. The molecule has 242 valence electrons. The molecule has 0 spiro atoms. The quantitative estimate of drug-likeness (QED) is 0.0445. The highest BCUT2D eigenvalue weighted by Gasteiger charge is 2.30. The van der Waals surface area contributed by atoms with Gasteiger partial charge in [-0.15, -0.1) is 0 Å². The van der Waals surface area contributed by atoms with Crippen molar-refractivity contribution in [2.75, 3.05) is 146 Å². The van der Waals surface area contributed by atoms with E-state index in [2.05, 4.69) is 0 Å². The predicted molar refractivity (Wildman–Crippen MR) is 141 cm³/mol. The molecule has 41 heavy (non-hydrogen) atoms. The zero-order valence-electron chi connectivity index (χ0n) is 24.2. The van der Waals surface area contributed by atoms with Crippen LogP contribution < -0.4 is 5.84 Å². The van der Waals surface area contributed by atoms with E-state index in [0.717, 1.165) is 5.01 Å². The maximum atomic E-state index is 11.6. The molecule has 0 aromatic carbocycles. The van der Waals surface area contributed by atoms with Crippen molar-refractivity contribution in [3.63, 3.8) is 0 Å². The van der Waals surface area contributed by atoms with Gasteiger partial charge in [0.05, 0.1) is 125 Å². The van der Waals surface area contributed by atoms with E-state index in [4.69, 9.17) is 62.7 Å². The molecule has 1 rings (SSSR count). The van der Waals surface area contributed by atoms with Gasteiger partial charge in [-0.05, 0) is 0 Å². The molecule has 0 aliphatic carbocycles. The van der Waals surface area contributed by atoms with Crippen LogP contribution in [0.4, 0.5) is 4.79 Å². The van der Waals surface area contributed by atoms with Crippen molar-refractivity contribution < 1.29 is 66.4 Å². The standard InChI is InChI=1S/C25H48N2O14/c1-30-2-3-31-4-5-32-6-7-33-8-9-34-10-11-35-12-13-36-14-15-37-16-17-38-18-19-39-22-24(28)40-21-23-20-27(26)25(29)41-23/h23H,2-22,26H2,1H3/t23-/m0/s1. The number of carbonyl (C=O) groups excluding carboxylic acids is 2. The molecule has 1 saturated heterocycles. The maximum absolute atomic E-state index is 11.6. The summed E-state index contributed by atoms with van der Waals surface area (Å²) in [5.74, 6) is 4.80. The van der Waals surface area contributed by atoms with Crippen LogP contribution in [0.3, 0.4) is 0 Å². The number of nitrogens with zero attached hydrogens (tertiary/aromatic N) is 1. The molecule has 0 aromatic heterocycles. The van der Waals surface area contributed by atoms with E-state index in [1.54, 1.807) is 7.11 Å². The van der Waals surface area contributed by atoms with Crippen LogP contribution in [0.15, 0.2) is 0 Å². The van der Waals surface area contributed by atoms with Crippen molar-refractivity contribution in [1.82, 2.24) is 5.01 Å². The maximum Gasteiger partial charge on any atom is 0.424 e. The number of esters is 1. The first-order chi connectivity index (χ1) is 20.1. The van der Waals surface area contributed by atoms with Crippen LogP contribution in [0.5, 0.6) is 0 Å². The van der Waals surface area contributed by atoms with Crippen LogP contribution in [0.1, 0.15) is 0 Å². The Morgan fingerprint density at radius 3 is 1.32 bits per heavy atom. The van der Waals surface area contributed by atoms with Gasteiger partial charge in [-0.1, -0.05) is 0 Å². The number of carbonyl (C=O) groups is 2. The Labute approximate surface area is 241 Å². The van der Waals surface area contributed by atoms with E-state index >= 15 is 0 Å². The molecule has 0 aromatic rings. The Morgan fingerprint density at radius 1 is 0.659 bits per heavy atom. The van der Waals surface area contributed by atoms with E-state index in [-0.39, 0.29) is 26.4 Å². The van der Waals surface area contributed by atoms with Crippen LogP contribution in [0.25, 0.3) is 0 Å². The topological polar surface area (TPSA) is 174 Å². The molecule has 0 saturated carbocycles. The van der Waals surface area contributed by atoms with Gasteiger partial charge in [-0.3, -0.25) is 0 Å². The summed E-state index contributed by atoms with van der Waals surface area (Å²) in [6, 6.07) is 0. The predicted octanol–water partition coefficient (Wildman–Crippen LogP) is -0.980. The minimum Gasteiger partial charge on any atom is -0.460 e. The van der Waals surface area contributed by atoms with Crippen LogP contribution in [0.2, 0.25) is 0 Å². The molecule has 1 fully saturated rings. The number of ether oxygens (including phenoxy) is 12. The first-order valence-corrected chi connectivity index (χ1v) is 13.7. The molecular formula is C25H48N2O14. The molecule has 1 aliphatic rings. The third-order valence-electron chi connectivity index (χ3n) is 4.96. The summed E-state index contributed by atoms with van der Waals surface area (Å²) in [7, 11) is 1.64. The van der Waals surface area contributed by atoms with Gasteiger partial charge < -0.3 is 56.8 Å². The third kappa shape index (κ3) is 24.6. The zero-order chi connectivity index (χ0) is 29.6. The number of rotatable bonds is 31. The van der Waals surface area contributed by atoms with Crippen LogP contribution >= 0.6 is 0 Å². The fraction of sp³-hybridized carbons (Fsp3) is 0.920. The molecule has 16 nitrogen and oxygen atoms in total. The molecule has 0 radical (unpaired) electrons. The van der Waals surface area contributed by atoms with Crippen molar-refractivity contribution in [1.29, 1.82) is 0 Å². The molecule has 1 aliphatic heterocycles. The van der Waals surface area contributed by atoms with Crippen LogP contribution in [-0.4, -0.2) is 169 Å². The Hall–Kier alpha value is -1.70. The van der Waals surface area contributed by atoms with Gasteiger partial charge in [0.2, 0.25) is 0 Å². The monoisotopic (exact) mass is 600 g/mol. The molecule has 1 amide bonds. The normalized spacial score (nSPS) is 15.0. The number of methoxy groups -OCH3 is 1. The lowest BCUT2D eigenvalue weighted by Crippen LogP contribution is -2.33. The van der Waals surface area contributed by atoms with Gasteiger partial charge in [-0.2, -0.15) is 0 Å². The van der Waals surface area contributed by atoms with Gasteiger partial charge >= 0.3 is 12.1 Å². The molecular weight excluding hydrogens is 552 g/mol. The summed E-state index contributed by atoms with van der Waals surface area (Å²) in [6.45, 7) is 8.33. The lowest BCUT2D eigenvalue weighted by molar-refractivity contribution is -0.151. The van der Waals surface area contributed by atoms with E-state index in [1.807, 2.05) is 0 Å². The Bertz CT molecular complexity index is 619. The van der Waals surface area contributed by atoms with Gasteiger partial charge in [0.25, 0.3) is 0 Å². The largest absolute Gasteiger partial charge is 0.460 e. The van der Waals surface area contributed by atoms with E-state index in [0.29, 0.717) is 112 Å². The van der Waals surface area contributed by atoms with E-state index in [1.165, 1.54) is 0 Å². The number of hydrazine groups is 1.